The Morgan fingerprint density at radius 1 is 1.20 bits per heavy atom. The van der Waals surface area contributed by atoms with Crippen molar-refractivity contribution < 1.29 is 12.7 Å². The van der Waals surface area contributed by atoms with Crippen LogP contribution in [0.4, 0.5) is 0 Å². The molecule has 0 aromatic rings. The molecule has 0 aliphatic carbocycles. The van der Waals surface area contributed by atoms with Gasteiger partial charge in [0, 0.05) is 0 Å². The molecule has 0 rings (SSSR count). The Bertz CT molecular complexity index is 36.2. The van der Waals surface area contributed by atoms with E-state index in [4.69, 9.17) is 12.7 Å². The Morgan fingerprint density at radius 2 is 1.20 bits per heavy atom. The fourth-order valence-electron chi connectivity index (χ4n) is 0. The summed E-state index contributed by atoms with van der Waals surface area (Å²) in [6.07, 6.45) is 0. The number of hydrogen-bond donors (Lipinski definition) is 0. The quantitative estimate of drug-likeness (QED) is 0.356. The zero-order valence-corrected chi connectivity index (χ0v) is 4.85. The molecular formula is HAlO3Si. The van der Waals surface area contributed by atoms with E-state index in [2.05, 4.69) is 0 Å². The van der Waals surface area contributed by atoms with Crippen molar-refractivity contribution in [3.05, 3.63) is 0 Å². The van der Waals surface area contributed by atoms with Crippen molar-refractivity contribution in [3.63, 3.8) is 0 Å². The van der Waals surface area contributed by atoms with E-state index in [9.17, 15) is 0 Å². The van der Waals surface area contributed by atoms with Crippen molar-refractivity contribution in [2.45, 2.75) is 0 Å². The van der Waals surface area contributed by atoms with Crippen LogP contribution in [0.25, 0.3) is 0 Å². The van der Waals surface area contributed by atoms with E-state index in [1.54, 1.807) is 0 Å². The molecule has 0 fully saturated rings. The van der Waals surface area contributed by atoms with Crippen molar-refractivity contribution in [2.75, 3.05) is 0 Å². The normalized spacial score (nSPS) is 2.20. The van der Waals surface area contributed by atoms with Crippen LogP contribution in [0.3, 0.4) is 0 Å². The van der Waals surface area contributed by atoms with Crippen molar-refractivity contribution in [1.29, 1.82) is 0 Å². The van der Waals surface area contributed by atoms with Crippen LogP contribution in [0.5, 0.6) is 0 Å². The molecule has 0 aliphatic heterocycles. The summed E-state index contributed by atoms with van der Waals surface area (Å²) in [5.74, 6) is 0. The molecule has 0 saturated carbocycles. The van der Waals surface area contributed by atoms with Crippen LogP contribution in [0, 0.1) is 0 Å². The van der Waals surface area contributed by atoms with E-state index in [-0.39, 0.29) is 0 Å². The molecule has 5 heteroatoms. The fraction of sp³-hybridized carbons (Fsp3) is 0. The standard InChI is InChI=1S/Al.O2Si.O.H/c;1-3-2;;. The zero-order valence-electron chi connectivity index (χ0n) is 2.43. The second-order valence-corrected chi connectivity index (χ2v) is 0.250. The van der Waals surface area contributed by atoms with Gasteiger partial charge in [-0.05, 0) is 0 Å². The molecule has 0 radical (unpaired) electrons. The van der Waals surface area contributed by atoms with E-state index in [0.29, 0.717) is 16.2 Å². The molecule has 0 saturated heterocycles. The van der Waals surface area contributed by atoms with Crippen LogP contribution in [0.15, 0.2) is 0 Å². The van der Waals surface area contributed by atoms with Crippen LogP contribution >= 0.6 is 0 Å². The van der Waals surface area contributed by atoms with Crippen LogP contribution in [0.2, 0.25) is 0 Å². The van der Waals surface area contributed by atoms with Crippen molar-refractivity contribution in [2.24, 2.45) is 0 Å². The van der Waals surface area contributed by atoms with Gasteiger partial charge in [-0.25, -0.2) is 0 Å². The average Bonchev–Trinajstić information content (AvgIpc) is 1.46. The van der Waals surface area contributed by atoms with Gasteiger partial charge >= 0.3 is 29.3 Å². The van der Waals surface area contributed by atoms with Crippen molar-refractivity contribution in [1.82, 2.24) is 0 Å². The first-order valence-corrected chi connectivity index (χ1v) is 2.09. The maximum absolute atomic E-state index is 8.40. The third kappa shape index (κ3) is 859. The molecule has 0 atom stereocenters. The number of hydrogen-bond acceptors (Lipinski definition) is 3. The summed E-state index contributed by atoms with van der Waals surface area (Å²) in [7, 11) is -1.42. The van der Waals surface area contributed by atoms with E-state index in [0.717, 1.165) is 0 Å². The molecular weight excluding hydrogens is 103 g/mol. The predicted octanol–water partition coefficient (Wildman–Crippen LogP) is -1.39. The molecule has 0 spiro atoms. The summed E-state index contributed by atoms with van der Waals surface area (Å²) in [4.78, 5) is 0. The summed E-state index contributed by atoms with van der Waals surface area (Å²) in [6.45, 7) is 0. The first kappa shape index (κ1) is 8.94. The molecule has 0 N–H and O–H groups in total. The van der Waals surface area contributed by atoms with Gasteiger partial charge in [-0.3, -0.25) is 8.92 Å². The first-order valence-electron chi connectivity index (χ1n) is 0.697. The van der Waals surface area contributed by atoms with Crippen molar-refractivity contribution in [3.8, 4) is 0 Å². The SMILES string of the molecule is O=[Si]=O.[O]=[AlH]. The van der Waals surface area contributed by atoms with Gasteiger partial charge in [-0.15, -0.1) is 0 Å². The van der Waals surface area contributed by atoms with Gasteiger partial charge in [0.2, 0.25) is 0 Å². The molecule has 0 aromatic heterocycles. The Kier molecular flexibility index (Phi) is 55.7. The minimum absolute atomic E-state index is 0.611. The van der Waals surface area contributed by atoms with Gasteiger partial charge in [0.1, 0.15) is 0 Å². The summed E-state index contributed by atoms with van der Waals surface area (Å²) in [5, 5.41) is 0. The second kappa shape index (κ2) is 31.2. The predicted molar refractivity (Wildman–Crippen MR) is 15.0 cm³/mol. The Balaban J connectivity index is 0. The molecule has 0 bridgehead atoms. The summed E-state index contributed by atoms with van der Waals surface area (Å²) in [5.41, 5.74) is 0. The van der Waals surface area contributed by atoms with Crippen molar-refractivity contribution >= 4 is 25.5 Å². The fourth-order valence-corrected chi connectivity index (χ4v) is 0. The van der Waals surface area contributed by atoms with Gasteiger partial charge in [0.25, 0.3) is 0 Å². The Labute approximate surface area is 38.9 Å². The van der Waals surface area contributed by atoms with E-state index < -0.39 is 9.29 Å². The molecule has 26 valence electrons. The summed E-state index contributed by atoms with van der Waals surface area (Å²) >= 11 is 0.611. The first-order chi connectivity index (χ1) is 2.41. The average molecular weight is 104 g/mol. The van der Waals surface area contributed by atoms with Gasteiger partial charge in [0.05, 0.1) is 0 Å². The van der Waals surface area contributed by atoms with Gasteiger partial charge in [0.15, 0.2) is 0 Å². The van der Waals surface area contributed by atoms with Crippen LogP contribution in [-0.4, -0.2) is 25.5 Å². The molecule has 0 aliphatic rings. The minimum atomic E-state index is -1.42. The third-order valence-electron chi connectivity index (χ3n) is 0. The van der Waals surface area contributed by atoms with E-state index in [1.165, 1.54) is 0 Å². The Hall–Kier alpha value is 0.149. The maximum atomic E-state index is 8.40. The Morgan fingerprint density at radius 3 is 1.20 bits per heavy atom. The topological polar surface area (TPSA) is 51.2 Å². The number of rotatable bonds is 0. The van der Waals surface area contributed by atoms with E-state index in [1.807, 2.05) is 0 Å². The molecule has 0 aromatic carbocycles. The monoisotopic (exact) mass is 104 g/mol. The van der Waals surface area contributed by atoms with Crippen LogP contribution < -0.4 is 0 Å². The second-order valence-electron chi connectivity index (χ2n) is 0.0833. The molecule has 0 unspecified atom stereocenters. The zero-order chi connectivity index (χ0) is 4.71. The summed E-state index contributed by atoms with van der Waals surface area (Å²) < 4.78 is 25.1. The molecule has 0 heterocycles. The molecule has 5 heavy (non-hydrogen) atoms. The third-order valence-corrected chi connectivity index (χ3v) is 0. The van der Waals surface area contributed by atoms with E-state index >= 15 is 0 Å². The van der Waals surface area contributed by atoms with Gasteiger partial charge in [-0.1, -0.05) is 0 Å². The molecule has 0 amide bonds. The summed E-state index contributed by atoms with van der Waals surface area (Å²) in [6, 6.07) is 0. The molecule has 3 nitrogen and oxygen atoms in total. The van der Waals surface area contributed by atoms with Crippen LogP contribution in [-0.2, 0) is 12.7 Å². The van der Waals surface area contributed by atoms with Gasteiger partial charge < -0.3 is 0 Å². The van der Waals surface area contributed by atoms with Gasteiger partial charge in [-0.2, -0.15) is 0 Å². The van der Waals surface area contributed by atoms with Crippen LogP contribution in [0.1, 0.15) is 0 Å².